The number of hydrogen-bond donors (Lipinski definition) is 0. The zero-order valence-corrected chi connectivity index (χ0v) is 82.1. The third-order valence-corrected chi connectivity index (χ3v) is 31.6. The fraction of sp³-hybridized carbons (Fsp3) is 0.0210. The third-order valence-electron chi connectivity index (χ3n) is 31.6. The molecule has 6 heterocycles. The van der Waals surface area contributed by atoms with Crippen molar-refractivity contribution in [2.24, 2.45) is 0 Å². The van der Waals surface area contributed by atoms with E-state index in [9.17, 15) is 0 Å². The summed E-state index contributed by atoms with van der Waals surface area (Å²) < 4.78 is 14.6. The molecular weight excluding hydrogens is 1800 g/mol. The zero-order valence-electron chi connectivity index (χ0n) is 82.1. The van der Waals surface area contributed by atoms with Crippen LogP contribution in [0.15, 0.2) is 546 Å². The average molecular weight is 1900 g/mol. The lowest BCUT2D eigenvalue weighted by Crippen LogP contribution is -2.15. The van der Waals surface area contributed by atoms with Crippen LogP contribution in [0.1, 0.15) is 25.0 Å². The molecule has 0 aliphatic heterocycles. The van der Waals surface area contributed by atoms with E-state index in [-0.39, 0.29) is 5.41 Å². The highest BCUT2D eigenvalue weighted by Gasteiger charge is 2.36. The van der Waals surface area contributed by atoms with Crippen molar-refractivity contribution < 1.29 is 0 Å². The van der Waals surface area contributed by atoms with E-state index in [0.29, 0.717) is 0 Å². The van der Waals surface area contributed by atoms with E-state index in [4.69, 9.17) is 0 Å². The molecule has 0 bridgehead atoms. The van der Waals surface area contributed by atoms with E-state index in [1.165, 1.54) is 276 Å². The number of fused-ring (bicyclic) bond motifs is 23. The molecule has 24 aromatic carbocycles. The fourth-order valence-electron chi connectivity index (χ4n) is 24.7. The zero-order chi connectivity index (χ0) is 98.5. The molecule has 0 unspecified atom stereocenters. The van der Waals surface area contributed by atoms with E-state index in [2.05, 4.69) is 587 Å². The van der Waals surface area contributed by atoms with Crippen LogP contribution in [0, 0.1) is 0 Å². The summed E-state index contributed by atoms with van der Waals surface area (Å²) in [6, 6.07) is 199. The highest BCUT2D eigenvalue weighted by Crippen LogP contribution is 2.52. The van der Waals surface area contributed by atoms with E-state index in [1.54, 1.807) is 0 Å². The van der Waals surface area contributed by atoms with Gasteiger partial charge < -0.3 is 27.4 Å². The van der Waals surface area contributed by atoms with Gasteiger partial charge in [-0.3, -0.25) is 0 Å². The van der Waals surface area contributed by atoms with Gasteiger partial charge in [0.25, 0.3) is 0 Å². The predicted molar refractivity (Wildman–Crippen MR) is 631 cm³/mol. The van der Waals surface area contributed by atoms with Crippen LogP contribution in [-0.2, 0) is 5.41 Å². The van der Waals surface area contributed by atoms with E-state index in [0.717, 1.165) is 0 Å². The monoisotopic (exact) mass is 1900 g/mol. The van der Waals surface area contributed by atoms with Gasteiger partial charge in [0.15, 0.2) is 0 Å². The molecule has 30 aromatic rings. The minimum atomic E-state index is -0.0563. The highest BCUT2D eigenvalue weighted by molar-refractivity contribution is 6.19. The first-order valence-corrected chi connectivity index (χ1v) is 51.6. The molecule has 0 N–H and O–H groups in total. The lowest BCUT2D eigenvalue weighted by molar-refractivity contribution is 0.660. The minimum Gasteiger partial charge on any atom is -0.309 e. The second kappa shape index (κ2) is 35.0. The van der Waals surface area contributed by atoms with Crippen molar-refractivity contribution in [1.82, 2.24) is 27.4 Å². The molecule has 698 valence electrons. The number of aromatic nitrogens is 6. The molecule has 0 spiro atoms. The molecule has 6 aromatic heterocycles. The molecule has 31 rings (SSSR count). The van der Waals surface area contributed by atoms with Crippen LogP contribution in [0.4, 0.5) is 0 Å². The maximum atomic E-state index is 2.48. The lowest BCUT2D eigenvalue weighted by atomic mass is 9.82. The van der Waals surface area contributed by atoms with Crippen molar-refractivity contribution in [3.8, 4) is 112 Å². The van der Waals surface area contributed by atoms with Crippen molar-refractivity contribution in [1.29, 1.82) is 0 Å². The summed E-state index contributed by atoms with van der Waals surface area (Å²) >= 11 is 0. The van der Waals surface area contributed by atoms with Crippen LogP contribution in [0.3, 0.4) is 0 Å². The molecule has 0 saturated carbocycles. The van der Waals surface area contributed by atoms with Gasteiger partial charge in [-0.15, -0.1) is 0 Å². The number of nitrogens with zero attached hydrogens (tertiary/aromatic N) is 6. The van der Waals surface area contributed by atoms with Gasteiger partial charge in [0.2, 0.25) is 0 Å². The van der Waals surface area contributed by atoms with Crippen LogP contribution in [-0.4, -0.2) is 27.4 Å². The summed E-state index contributed by atoms with van der Waals surface area (Å²) in [5, 5.41) is 20.1. The molecule has 0 radical (unpaired) electrons. The first-order valence-electron chi connectivity index (χ1n) is 51.6. The Kier molecular flexibility index (Phi) is 20.3. The Morgan fingerprint density at radius 1 is 0.134 bits per heavy atom. The van der Waals surface area contributed by atoms with Crippen LogP contribution in [0.5, 0.6) is 0 Å². The van der Waals surface area contributed by atoms with Crippen LogP contribution >= 0.6 is 0 Å². The van der Waals surface area contributed by atoms with Crippen molar-refractivity contribution in [3.05, 3.63) is 557 Å². The van der Waals surface area contributed by atoms with Gasteiger partial charge in [0.05, 0.1) is 83.3 Å². The Hall–Kier alpha value is -19.4. The van der Waals surface area contributed by atoms with Gasteiger partial charge in [0.1, 0.15) is 0 Å². The van der Waals surface area contributed by atoms with Crippen molar-refractivity contribution >= 4 is 152 Å². The Bertz CT molecular complexity index is 10600. The van der Waals surface area contributed by atoms with Gasteiger partial charge in [0, 0.05) is 109 Å². The second-order valence-corrected chi connectivity index (χ2v) is 40.1. The van der Waals surface area contributed by atoms with E-state index in [1.807, 2.05) is 0 Å². The molecular formula is C143H96N6. The average Bonchev–Trinajstić information content (AvgIpc) is 1.57. The summed E-state index contributed by atoms with van der Waals surface area (Å²) in [6.45, 7) is 4.71. The maximum Gasteiger partial charge on any atom is 0.0618 e. The highest BCUT2D eigenvalue weighted by atomic mass is 15.0. The fourth-order valence-corrected chi connectivity index (χ4v) is 24.7. The Labute approximate surface area is 861 Å². The number of rotatable bonds is 12. The summed E-state index contributed by atoms with van der Waals surface area (Å²) in [5.41, 5.74) is 41.8. The molecule has 0 saturated heterocycles. The van der Waals surface area contributed by atoms with E-state index >= 15 is 0 Å². The largest absolute Gasteiger partial charge is 0.309 e. The first kappa shape index (κ1) is 86.3. The molecule has 0 fully saturated rings. The number of para-hydroxylation sites is 9. The first-order chi connectivity index (χ1) is 73.7. The van der Waals surface area contributed by atoms with Crippen LogP contribution in [0.2, 0.25) is 0 Å². The van der Waals surface area contributed by atoms with Crippen molar-refractivity contribution in [2.45, 2.75) is 19.3 Å². The SMILES string of the molecule is CC1(C)c2ccccc2-c2ccc(-n3c4ccccc4c4cc(-c5ccc6c(c5)c5ccccc5n6-c5ccccc5-c5ccccc5)ccc43)cc21.c1ccc(-c2ccc(-n3c4ccccc4c4cc(-c5ccc6c(c5)c5ccccc5n6-c5ccccc5)ccc43)c3ccccc23)cc1.c1ccc(-c2ccc3ccccc3c2-n2c3ccccc3c3cc(-c4ccc5c(c4)c4ccccc4n5-c4ccccc4)ccc32)cc1. The molecule has 0 atom stereocenters. The topological polar surface area (TPSA) is 29.6 Å². The normalized spacial score (nSPS) is 12.3. The van der Waals surface area contributed by atoms with Gasteiger partial charge in [-0.05, 0) is 246 Å². The summed E-state index contributed by atoms with van der Waals surface area (Å²) in [7, 11) is 0. The molecule has 149 heavy (non-hydrogen) atoms. The maximum absolute atomic E-state index is 2.48. The Balaban J connectivity index is 0.000000105. The molecule has 1 aliphatic carbocycles. The lowest BCUT2D eigenvalue weighted by Gasteiger charge is -2.22. The second-order valence-electron chi connectivity index (χ2n) is 40.1. The van der Waals surface area contributed by atoms with Gasteiger partial charge in [-0.25, -0.2) is 0 Å². The Morgan fingerprint density at radius 2 is 0.416 bits per heavy atom. The smallest absolute Gasteiger partial charge is 0.0618 e. The minimum absolute atomic E-state index is 0.0563. The summed E-state index contributed by atoms with van der Waals surface area (Å²) in [5.74, 6) is 0. The third kappa shape index (κ3) is 14.0. The van der Waals surface area contributed by atoms with Gasteiger partial charge in [-0.1, -0.05) is 402 Å². The summed E-state index contributed by atoms with van der Waals surface area (Å²) in [4.78, 5) is 0. The predicted octanol–water partition coefficient (Wildman–Crippen LogP) is 38.3. The molecule has 0 amide bonds. The standard InChI is InChI=1S/C51H36N2.2C46H30N2/c1-51(2)44-20-10-6-17-38(44)39-27-26-36(32-45(39)51)52-47-22-12-8-18-40(47)42-30-34(24-28-49(42)52)35-25-29-50-43(31-35)41-19-9-13-23-48(41)53(50)46-21-11-7-16-37(46)33-14-4-3-5-15-33;1-3-13-31(14-4-1)37-26-23-32-15-7-8-18-36(32)46(37)48-43-22-12-10-20-39(43)41-30-34(25-28-45(41)48)33-24-27-44-40(29-33)38-19-9-11-21-42(38)47(44)35-16-5-2-6-17-35;1-3-13-31(14-4-1)35-25-28-44(37-18-8-7-17-36(35)37)48-43-22-12-10-20-39(43)41-30-33(24-27-46(41)48)32-23-26-45-40(29-32)38-19-9-11-21-42(38)47(45)34-15-5-2-6-16-34/h3-32H,1-2H3;2*1-30H. The van der Waals surface area contributed by atoms with Crippen LogP contribution < -0.4 is 0 Å². The molecule has 1 aliphatic rings. The van der Waals surface area contributed by atoms with Crippen molar-refractivity contribution in [2.75, 3.05) is 0 Å². The molecule has 6 heteroatoms. The quantitative estimate of drug-likeness (QED) is 0.117. The van der Waals surface area contributed by atoms with E-state index < -0.39 is 0 Å². The number of benzene rings is 24. The van der Waals surface area contributed by atoms with Crippen LogP contribution in [0.25, 0.3) is 264 Å². The molecule has 6 nitrogen and oxygen atoms in total. The van der Waals surface area contributed by atoms with Gasteiger partial charge >= 0.3 is 0 Å². The van der Waals surface area contributed by atoms with Gasteiger partial charge in [-0.2, -0.15) is 0 Å². The number of hydrogen-bond acceptors (Lipinski definition) is 0. The van der Waals surface area contributed by atoms with Crippen molar-refractivity contribution in [3.63, 3.8) is 0 Å². The Morgan fingerprint density at radius 3 is 0.852 bits per heavy atom. The summed E-state index contributed by atoms with van der Waals surface area (Å²) in [6.07, 6.45) is 0.